The summed E-state index contributed by atoms with van der Waals surface area (Å²) < 4.78 is 31.0. The van der Waals surface area contributed by atoms with Crippen LogP contribution in [0.25, 0.3) is 16.7 Å². The fraction of sp³-hybridized carbons (Fsp3) is 0.286. The Labute approximate surface area is 213 Å². The number of fused-ring (bicyclic) bond motifs is 1. The van der Waals surface area contributed by atoms with E-state index in [-0.39, 0.29) is 24.0 Å². The van der Waals surface area contributed by atoms with Gasteiger partial charge in [-0.15, -0.1) is 0 Å². The predicted octanol–water partition coefficient (Wildman–Crippen LogP) is 5.78. The van der Waals surface area contributed by atoms with Crippen molar-refractivity contribution in [2.24, 2.45) is 0 Å². The van der Waals surface area contributed by atoms with Crippen LogP contribution in [0.4, 0.5) is 0 Å². The Morgan fingerprint density at radius 2 is 1.94 bits per heavy atom. The second-order valence-electron chi connectivity index (χ2n) is 9.35. The van der Waals surface area contributed by atoms with Gasteiger partial charge < -0.3 is 23.0 Å². The van der Waals surface area contributed by atoms with Crippen LogP contribution < -0.4 is 4.74 Å². The molecule has 0 fully saturated rings. The average molecular weight is 507 g/mol. The minimum Gasteiger partial charge on any atom is -0.610 e. The summed E-state index contributed by atoms with van der Waals surface area (Å²) in [7, 11) is 0. The predicted molar refractivity (Wildman–Crippen MR) is 141 cm³/mol. The van der Waals surface area contributed by atoms with Gasteiger partial charge in [-0.3, -0.25) is 10.2 Å². The van der Waals surface area contributed by atoms with E-state index in [0.29, 0.717) is 23.5 Å². The van der Waals surface area contributed by atoms with Crippen molar-refractivity contribution in [3.63, 3.8) is 0 Å². The third-order valence-electron chi connectivity index (χ3n) is 5.57. The highest BCUT2D eigenvalue weighted by atomic mass is 32.2. The van der Waals surface area contributed by atoms with Crippen LogP contribution in [-0.2, 0) is 33.7 Å². The Balaban J connectivity index is 1.59. The van der Waals surface area contributed by atoms with Gasteiger partial charge in [0.25, 0.3) is 0 Å². The number of carbonyl (C=O) groups excluding carboxylic acids is 1. The topological polar surface area (TPSA) is 101 Å². The summed E-state index contributed by atoms with van der Waals surface area (Å²) >= 11 is -1.44. The molecule has 0 aliphatic heterocycles. The average Bonchev–Trinajstić information content (AvgIpc) is 3.51. The second kappa shape index (κ2) is 10.6. The normalized spacial score (nSPS) is 12.5. The molecule has 2 aromatic carbocycles. The molecule has 2 aromatic heterocycles. The number of rotatable bonds is 8. The first-order valence-electron chi connectivity index (χ1n) is 11.7. The highest BCUT2D eigenvalue weighted by Gasteiger charge is 2.32. The van der Waals surface area contributed by atoms with E-state index in [0.717, 1.165) is 22.2 Å². The van der Waals surface area contributed by atoms with E-state index in [2.05, 4.69) is 0 Å². The zero-order chi connectivity index (χ0) is 25.9. The molecule has 7 nitrogen and oxygen atoms in total. The van der Waals surface area contributed by atoms with Crippen LogP contribution in [0.2, 0.25) is 0 Å². The Morgan fingerprint density at radius 1 is 1.17 bits per heavy atom. The zero-order valence-corrected chi connectivity index (χ0v) is 21.7. The molecular formula is C28H30N2O5S. The van der Waals surface area contributed by atoms with E-state index in [4.69, 9.17) is 19.3 Å². The molecule has 2 heterocycles. The number of esters is 1. The summed E-state index contributed by atoms with van der Waals surface area (Å²) in [6, 6.07) is 15.1. The van der Waals surface area contributed by atoms with Crippen molar-refractivity contribution in [3.8, 4) is 11.4 Å². The lowest BCUT2D eigenvalue weighted by atomic mass is 10.1. The quantitative estimate of drug-likeness (QED) is 0.141. The third-order valence-corrected chi connectivity index (χ3v) is 7.29. The lowest BCUT2D eigenvalue weighted by Crippen LogP contribution is -2.34. The number of furan rings is 1. The Kier molecular flexibility index (Phi) is 7.56. The summed E-state index contributed by atoms with van der Waals surface area (Å²) in [5.74, 6) is 0.331. The van der Waals surface area contributed by atoms with E-state index in [1.807, 2.05) is 74.0 Å². The Bertz CT molecular complexity index is 1380. The molecule has 0 saturated carbocycles. The third kappa shape index (κ3) is 5.66. The van der Waals surface area contributed by atoms with E-state index in [1.165, 1.54) is 0 Å². The van der Waals surface area contributed by atoms with Crippen LogP contribution in [0, 0.1) is 5.41 Å². The maximum Gasteiger partial charge on any atom is 0.310 e. The molecule has 0 aliphatic rings. The fourth-order valence-corrected chi connectivity index (χ4v) is 4.76. The number of aromatic nitrogens is 1. The first-order chi connectivity index (χ1) is 17.2. The van der Waals surface area contributed by atoms with Crippen molar-refractivity contribution < 1.29 is 23.2 Å². The second-order valence-corrected chi connectivity index (χ2v) is 11.5. The van der Waals surface area contributed by atoms with Crippen LogP contribution in [-0.4, -0.2) is 31.5 Å². The molecule has 4 aromatic rings. The number of para-hydroxylation sites is 1. The summed E-state index contributed by atoms with van der Waals surface area (Å²) in [4.78, 5) is 12.0. The van der Waals surface area contributed by atoms with E-state index in [1.54, 1.807) is 25.5 Å². The lowest BCUT2D eigenvalue weighted by molar-refractivity contribution is -0.142. The molecule has 0 amide bonds. The molecule has 1 N–H and O–H groups in total. The van der Waals surface area contributed by atoms with Gasteiger partial charge in [0.05, 0.1) is 30.5 Å². The standard InChI is InChI=1S/C28H30N2O5S/c1-5-33-25(31)16-20-8-6-7-9-24(20)35-18-19-14-21-11-13-34-26(21)23(15-19)30-12-10-22(17-30)27(29)36(32)28(2,3)4/h6-15,17,29H,5,16,18H2,1-4H3. The van der Waals surface area contributed by atoms with Gasteiger partial charge in [0, 0.05) is 34.5 Å². The van der Waals surface area contributed by atoms with Crippen LogP contribution >= 0.6 is 0 Å². The number of nitrogens with one attached hydrogen (secondary N) is 1. The maximum absolute atomic E-state index is 12.7. The molecule has 188 valence electrons. The summed E-state index contributed by atoms with van der Waals surface area (Å²) in [6.07, 6.45) is 5.40. The molecule has 36 heavy (non-hydrogen) atoms. The van der Waals surface area contributed by atoms with Crippen molar-refractivity contribution in [2.75, 3.05) is 6.61 Å². The van der Waals surface area contributed by atoms with Gasteiger partial charge in [-0.2, -0.15) is 0 Å². The minimum absolute atomic E-state index is 0.0923. The first kappa shape index (κ1) is 25.6. The first-order valence-corrected chi connectivity index (χ1v) is 12.9. The van der Waals surface area contributed by atoms with Gasteiger partial charge in [-0.05, 0) is 63.6 Å². The summed E-state index contributed by atoms with van der Waals surface area (Å²) in [5, 5.41) is 9.41. The monoisotopic (exact) mass is 506 g/mol. The molecule has 0 bridgehead atoms. The van der Waals surface area contributed by atoms with Crippen molar-refractivity contribution in [3.05, 3.63) is 83.9 Å². The van der Waals surface area contributed by atoms with E-state index >= 15 is 0 Å². The van der Waals surface area contributed by atoms with Crippen LogP contribution in [0.15, 0.2) is 71.6 Å². The van der Waals surface area contributed by atoms with Gasteiger partial charge in [0.2, 0.25) is 5.04 Å². The number of ether oxygens (including phenoxy) is 2. The van der Waals surface area contributed by atoms with Crippen molar-refractivity contribution >= 4 is 33.2 Å². The Morgan fingerprint density at radius 3 is 2.69 bits per heavy atom. The highest BCUT2D eigenvalue weighted by Crippen LogP contribution is 2.29. The summed E-state index contributed by atoms with van der Waals surface area (Å²) in [5.41, 5.74) is 3.76. The number of hydrogen-bond acceptors (Lipinski definition) is 6. The highest BCUT2D eigenvalue weighted by molar-refractivity contribution is 8.07. The SMILES string of the molecule is CCOC(=O)Cc1ccccc1OCc1cc(-n2ccc(C(=N)[S+]([O-])C(C)(C)C)c2)c2occc2c1. The van der Waals surface area contributed by atoms with Gasteiger partial charge >= 0.3 is 5.97 Å². The van der Waals surface area contributed by atoms with Crippen LogP contribution in [0.5, 0.6) is 5.75 Å². The summed E-state index contributed by atoms with van der Waals surface area (Å²) in [6.45, 7) is 7.97. The fourth-order valence-electron chi connectivity index (χ4n) is 3.81. The van der Waals surface area contributed by atoms with Crippen molar-refractivity contribution in [2.45, 2.75) is 45.5 Å². The molecule has 0 radical (unpaired) electrons. The van der Waals surface area contributed by atoms with E-state index < -0.39 is 15.9 Å². The molecule has 0 saturated heterocycles. The zero-order valence-electron chi connectivity index (χ0n) is 20.9. The lowest BCUT2D eigenvalue weighted by Gasteiger charge is -2.23. The molecule has 1 unspecified atom stereocenters. The molecule has 4 rings (SSSR count). The minimum atomic E-state index is -1.44. The molecule has 0 aliphatic carbocycles. The largest absolute Gasteiger partial charge is 0.610 e. The molecular weight excluding hydrogens is 476 g/mol. The molecule has 0 spiro atoms. The number of hydrogen-bond donors (Lipinski definition) is 1. The maximum atomic E-state index is 12.7. The smallest absolute Gasteiger partial charge is 0.310 e. The Hall–Kier alpha value is -3.49. The number of benzene rings is 2. The molecule has 8 heteroatoms. The van der Waals surface area contributed by atoms with E-state index in [9.17, 15) is 9.35 Å². The van der Waals surface area contributed by atoms with Crippen molar-refractivity contribution in [1.82, 2.24) is 4.57 Å². The van der Waals surface area contributed by atoms with Crippen LogP contribution in [0.3, 0.4) is 0 Å². The van der Waals surface area contributed by atoms with Gasteiger partial charge in [0.1, 0.15) is 17.1 Å². The molecule has 1 atom stereocenters. The number of carbonyl (C=O) groups is 1. The van der Waals surface area contributed by atoms with Crippen LogP contribution in [0.1, 0.15) is 44.4 Å². The van der Waals surface area contributed by atoms with Gasteiger partial charge in [-0.25, -0.2) is 0 Å². The van der Waals surface area contributed by atoms with Crippen molar-refractivity contribution in [1.29, 1.82) is 5.41 Å². The number of nitrogens with zero attached hydrogens (tertiary/aromatic N) is 1. The van der Waals surface area contributed by atoms with Gasteiger partial charge in [-0.1, -0.05) is 18.2 Å². The van der Waals surface area contributed by atoms with Gasteiger partial charge in [0.15, 0.2) is 5.58 Å².